The van der Waals surface area contributed by atoms with Crippen LogP contribution in [0.1, 0.15) is 33.3 Å². The molecule has 0 bridgehead atoms. The summed E-state index contributed by atoms with van der Waals surface area (Å²) in [6.07, 6.45) is 0. The molecule has 0 atom stereocenters. The van der Waals surface area contributed by atoms with Crippen LogP contribution in [0.15, 0.2) is 24.3 Å². The molecule has 21 heavy (non-hydrogen) atoms. The van der Waals surface area contributed by atoms with Gasteiger partial charge in [-0.2, -0.15) is 0 Å². The van der Waals surface area contributed by atoms with E-state index in [9.17, 15) is 10.0 Å². The Morgan fingerprint density at radius 3 is 2.24 bits per heavy atom. The lowest BCUT2D eigenvalue weighted by atomic mass is 9.84. The molecule has 3 N–H and O–H groups in total. The molecule has 0 amide bonds. The van der Waals surface area contributed by atoms with Crippen LogP contribution in [-0.2, 0) is 4.79 Å². The monoisotopic (exact) mass is 293 g/mol. The van der Waals surface area contributed by atoms with Gasteiger partial charge in [-0.05, 0) is 52.0 Å². The molecule has 1 aliphatic heterocycles. The Balaban J connectivity index is 2.24. The molecular formula is C15H21N2O4+. The smallest absolute Gasteiger partial charge is 0.341 e. The van der Waals surface area contributed by atoms with Gasteiger partial charge in [0.05, 0.1) is 5.56 Å². The van der Waals surface area contributed by atoms with Crippen LogP contribution in [0.4, 0.5) is 0 Å². The zero-order valence-electron chi connectivity index (χ0n) is 12.7. The molecule has 2 rings (SSSR count). The number of rotatable bonds is 4. The highest BCUT2D eigenvalue weighted by atomic mass is 16.5. The zero-order chi connectivity index (χ0) is 15.8. The Morgan fingerprint density at radius 1 is 1.24 bits per heavy atom. The van der Waals surface area contributed by atoms with Crippen LogP contribution < -0.4 is 10.1 Å². The number of hydrogen-bond acceptors (Lipinski definition) is 4. The maximum absolute atomic E-state index is 10.5. The largest absolute Gasteiger partial charge is 0.482 e. The van der Waals surface area contributed by atoms with E-state index < -0.39 is 11.5 Å². The maximum Gasteiger partial charge on any atom is 0.341 e. The van der Waals surface area contributed by atoms with Crippen LogP contribution in [0.25, 0.3) is 0 Å². The van der Waals surface area contributed by atoms with Gasteiger partial charge in [-0.25, -0.2) is 4.79 Å². The highest BCUT2D eigenvalue weighted by Crippen LogP contribution is 2.30. The Kier molecular flexibility index (Phi) is 3.57. The van der Waals surface area contributed by atoms with Crippen molar-refractivity contribution in [2.75, 3.05) is 6.61 Å². The topological polar surface area (TPSA) is 81.8 Å². The fraction of sp³-hybridized carbons (Fsp3) is 0.467. The third kappa shape index (κ3) is 2.66. The Bertz CT molecular complexity index is 588. The number of carbonyl (C=O) groups is 1. The van der Waals surface area contributed by atoms with Crippen LogP contribution >= 0.6 is 0 Å². The molecule has 6 heteroatoms. The maximum atomic E-state index is 10.5. The van der Waals surface area contributed by atoms with Crippen LogP contribution in [-0.4, -0.2) is 44.5 Å². The highest BCUT2D eigenvalue weighted by molar-refractivity contribution is 5.96. The van der Waals surface area contributed by atoms with E-state index in [-0.39, 0.29) is 12.1 Å². The van der Waals surface area contributed by atoms with Gasteiger partial charge in [0.25, 0.3) is 0 Å². The summed E-state index contributed by atoms with van der Waals surface area (Å²) in [5.74, 6) is 0.0773. The molecule has 0 fully saturated rings. The number of carboxylic acid groups (broad SMARTS) is 1. The summed E-state index contributed by atoms with van der Waals surface area (Å²) in [5.41, 5.74) is 0.0509. The van der Waals surface area contributed by atoms with E-state index in [0.717, 1.165) is 5.56 Å². The number of benzene rings is 1. The first-order chi connectivity index (χ1) is 9.65. The number of hydroxylamine groups is 1. The van der Waals surface area contributed by atoms with Crippen molar-refractivity contribution in [1.82, 2.24) is 5.32 Å². The summed E-state index contributed by atoms with van der Waals surface area (Å²) >= 11 is 0. The fourth-order valence-electron chi connectivity index (χ4n) is 2.09. The van der Waals surface area contributed by atoms with E-state index in [4.69, 9.17) is 9.84 Å². The van der Waals surface area contributed by atoms with Crippen molar-refractivity contribution in [3.63, 3.8) is 0 Å². The normalized spacial score (nSPS) is 19.2. The number of aliphatic carboxylic acids is 1. The van der Waals surface area contributed by atoms with Crippen molar-refractivity contribution in [3.8, 4) is 5.75 Å². The molecule has 1 heterocycles. The van der Waals surface area contributed by atoms with Gasteiger partial charge < -0.3 is 15.1 Å². The first kappa shape index (κ1) is 15.2. The molecule has 1 aromatic carbocycles. The van der Waals surface area contributed by atoms with Gasteiger partial charge in [-0.15, -0.1) is 0 Å². The minimum absolute atomic E-state index is 0.296. The Morgan fingerprint density at radius 2 is 1.81 bits per heavy atom. The van der Waals surface area contributed by atoms with Crippen molar-refractivity contribution in [3.05, 3.63) is 29.8 Å². The third-order valence-corrected chi connectivity index (χ3v) is 4.19. The van der Waals surface area contributed by atoms with Crippen LogP contribution in [0.2, 0.25) is 0 Å². The highest BCUT2D eigenvalue weighted by Gasteiger charge is 2.55. The van der Waals surface area contributed by atoms with E-state index in [1.165, 1.54) is 4.74 Å². The molecular weight excluding hydrogens is 272 g/mol. The summed E-state index contributed by atoms with van der Waals surface area (Å²) in [4.78, 5) is 10.5. The predicted octanol–water partition coefficient (Wildman–Crippen LogP) is 1.46. The zero-order valence-corrected chi connectivity index (χ0v) is 12.7. The number of hydrogen-bond donors (Lipinski definition) is 3. The first-order valence-electron chi connectivity index (χ1n) is 6.74. The molecule has 0 spiro atoms. The van der Waals surface area contributed by atoms with E-state index in [1.807, 2.05) is 27.7 Å². The van der Waals surface area contributed by atoms with E-state index in [1.54, 1.807) is 24.3 Å². The molecule has 1 aromatic rings. The van der Waals surface area contributed by atoms with Gasteiger partial charge in [0, 0.05) is 0 Å². The van der Waals surface area contributed by atoms with Crippen molar-refractivity contribution < 1.29 is 24.6 Å². The summed E-state index contributed by atoms with van der Waals surface area (Å²) in [6, 6.07) is 6.92. The van der Waals surface area contributed by atoms with Gasteiger partial charge in [-0.1, -0.05) is 4.74 Å². The molecule has 6 nitrogen and oxygen atoms in total. The molecule has 0 saturated heterocycles. The molecule has 114 valence electrons. The second-order valence-electron chi connectivity index (χ2n) is 6.18. The van der Waals surface area contributed by atoms with Crippen molar-refractivity contribution in [2.24, 2.45) is 0 Å². The molecule has 1 aliphatic rings. The first-order valence-corrected chi connectivity index (χ1v) is 6.74. The van der Waals surface area contributed by atoms with E-state index >= 15 is 0 Å². The lowest BCUT2D eigenvalue weighted by Gasteiger charge is -2.27. The quantitative estimate of drug-likeness (QED) is 0.578. The molecule has 0 radical (unpaired) electrons. The number of ether oxygens (including phenoxy) is 1. The van der Waals surface area contributed by atoms with E-state index in [0.29, 0.717) is 11.6 Å². The lowest BCUT2D eigenvalue weighted by molar-refractivity contribution is -0.820. The minimum Gasteiger partial charge on any atom is -0.482 e. The van der Waals surface area contributed by atoms with Crippen molar-refractivity contribution in [1.29, 1.82) is 0 Å². The summed E-state index contributed by atoms with van der Waals surface area (Å²) < 4.78 is 6.32. The average Bonchev–Trinajstić information content (AvgIpc) is 2.57. The summed E-state index contributed by atoms with van der Waals surface area (Å²) in [7, 11) is 0. The van der Waals surface area contributed by atoms with Crippen LogP contribution in [0, 0.1) is 0 Å². The predicted molar refractivity (Wildman–Crippen MR) is 77.0 cm³/mol. The second kappa shape index (κ2) is 4.95. The van der Waals surface area contributed by atoms with Gasteiger partial charge in [0.2, 0.25) is 0 Å². The molecule has 0 unspecified atom stereocenters. The van der Waals surface area contributed by atoms with Gasteiger partial charge in [-0.3, -0.25) is 5.32 Å². The SMILES string of the molecule is CC1(C)NC(c2ccc(OCC(=O)O)cc2)=[N+](O)C1(C)C. The van der Waals surface area contributed by atoms with Crippen molar-refractivity contribution >= 4 is 11.8 Å². The van der Waals surface area contributed by atoms with Crippen LogP contribution in [0.5, 0.6) is 5.75 Å². The molecule has 0 saturated carbocycles. The Hall–Kier alpha value is -2.24. The number of nitrogens with one attached hydrogen (secondary N) is 1. The summed E-state index contributed by atoms with van der Waals surface area (Å²) in [5, 5.41) is 22.3. The lowest BCUT2D eigenvalue weighted by Crippen LogP contribution is -2.53. The van der Waals surface area contributed by atoms with Gasteiger partial charge in [0.15, 0.2) is 12.1 Å². The number of carboxylic acids is 1. The summed E-state index contributed by atoms with van der Waals surface area (Å²) in [6.45, 7) is 7.58. The van der Waals surface area contributed by atoms with Gasteiger partial charge in [0.1, 0.15) is 11.3 Å². The minimum atomic E-state index is -1.02. The van der Waals surface area contributed by atoms with Crippen molar-refractivity contribution in [2.45, 2.75) is 38.8 Å². The van der Waals surface area contributed by atoms with Crippen LogP contribution in [0.3, 0.4) is 0 Å². The fourth-order valence-corrected chi connectivity index (χ4v) is 2.09. The number of nitrogens with zero attached hydrogens (tertiary/aromatic N) is 1. The molecule has 0 aromatic heterocycles. The average molecular weight is 293 g/mol. The number of amidine groups is 1. The van der Waals surface area contributed by atoms with Gasteiger partial charge >= 0.3 is 11.8 Å². The standard InChI is InChI=1S/C15H20N2O4/c1-14(2)15(3,4)17(20)13(16-14)10-5-7-11(8-6-10)21-9-12(18)19/h5-8,20H,9H2,1-4H3,(H,18,19)/p+1. The molecule has 0 aliphatic carbocycles. The Labute approximate surface area is 123 Å². The van der Waals surface area contributed by atoms with E-state index in [2.05, 4.69) is 5.32 Å². The second-order valence-corrected chi connectivity index (χ2v) is 6.18. The third-order valence-electron chi connectivity index (χ3n) is 4.19.